The summed E-state index contributed by atoms with van der Waals surface area (Å²) in [5, 5.41) is 7.09. The molecule has 3 rings (SSSR count). The molecule has 1 aliphatic carbocycles. The standard InChI is InChI=1S/C13H17N3/c1-2-16-7-3-4-13(16)11-8-10(9-11)12-5-6-14-15-12/h3-7,10-11H,2,8-9H2,1H3,(H,14,15). The van der Waals surface area contributed by atoms with E-state index in [1.165, 1.54) is 24.2 Å². The van der Waals surface area contributed by atoms with Gasteiger partial charge in [-0.15, -0.1) is 0 Å². The highest BCUT2D eigenvalue weighted by atomic mass is 15.1. The van der Waals surface area contributed by atoms with E-state index in [0.29, 0.717) is 5.92 Å². The number of rotatable bonds is 3. The molecule has 1 fully saturated rings. The summed E-state index contributed by atoms with van der Waals surface area (Å²) in [6.07, 6.45) is 6.54. The second-order valence-corrected chi connectivity index (χ2v) is 4.60. The highest BCUT2D eigenvalue weighted by Gasteiger charge is 2.33. The van der Waals surface area contributed by atoms with Crippen LogP contribution in [-0.2, 0) is 6.54 Å². The normalized spacial score (nSPS) is 24.3. The van der Waals surface area contributed by atoms with Gasteiger partial charge in [-0.05, 0) is 38.0 Å². The molecular formula is C13H17N3. The van der Waals surface area contributed by atoms with E-state index in [-0.39, 0.29) is 0 Å². The Morgan fingerprint density at radius 2 is 2.25 bits per heavy atom. The van der Waals surface area contributed by atoms with Gasteiger partial charge in [-0.2, -0.15) is 5.10 Å². The van der Waals surface area contributed by atoms with Crippen LogP contribution in [0.1, 0.15) is 43.0 Å². The van der Waals surface area contributed by atoms with Gasteiger partial charge in [0.05, 0.1) is 0 Å². The summed E-state index contributed by atoms with van der Waals surface area (Å²) in [4.78, 5) is 0. The molecule has 3 nitrogen and oxygen atoms in total. The van der Waals surface area contributed by atoms with Gasteiger partial charge in [0.1, 0.15) is 0 Å². The molecule has 0 amide bonds. The molecule has 2 aromatic rings. The monoisotopic (exact) mass is 215 g/mol. The minimum atomic E-state index is 0.688. The first-order valence-electron chi connectivity index (χ1n) is 6.02. The molecule has 3 heteroatoms. The Morgan fingerprint density at radius 3 is 2.94 bits per heavy atom. The van der Waals surface area contributed by atoms with Gasteiger partial charge < -0.3 is 4.57 Å². The lowest BCUT2D eigenvalue weighted by Crippen LogP contribution is -2.22. The van der Waals surface area contributed by atoms with Gasteiger partial charge in [0.2, 0.25) is 0 Å². The molecule has 16 heavy (non-hydrogen) atoms. The molecule has 84 valence electrons. The number of nitrogens with one attached hydrogen (secondary N) is 1. The van der Waals surface area contributed by atoms with Crippen molar-refractivity contribution in [3.05, 3.63) is 42.0 Å². The van der Waals surface area contributed by atoms with Gasteiger partial charge in [-0.3, -0.25) is 5.10 Å². The van der Waals surface area contributed by atoms with Crippen LogP contribution in [0.25, 0.3) is 0 Å². The smallest absolute Gasteiger partial charge is 0.0490 e. The van der Waals surface area contributed by atoms with Crippen molar-refractivity contribution < 1.29 is 0 Å². The molecule has 0 radical (unpaired) electrons. The lowest BCUT2D eigenvalue weighted by atomic mass is 9.71. The second-order valence-electron chi connectivity index (χ2n) is 4.60. The van der Waals surface area contributed by atoms with Crippen LogP contribution < -0.4 is 0 Å². The first-order valence-corrected chi connectivity index (χ1v) is 6.02. The van der Waals surface area contributed by atoms with Gasteiger partial charge in [0.25, 0.3) is 0 Å². The van der Waals surface area contributed by atoms with Crippen LogP contribution in [0.2, 0.25) is 0 Å². The third-order valence-electron chi connectivity index (χ3n) is 3.72. The second kappa shape index (κ2) is 3.81. The van der Waals surface area contributed by atoms with E-state index in [0.717, 1.165) is 12.5 Å². The van der Waals surface area contributed by atoms with E-state index < -0.39 is 0 Å². The van der Waals surface area contributed by atoms with Gasteiger partial charge in [0.15, 0.2) is 0 Å². The molecule has 1 N–H and O–H groups in total. The zero-order valence-corrected chi connectivity index (χ0v) is 9.56. The molecule has 1 aliphatic rings. The van der Waals surface area contributed by atoms with Crippen LogP contribution >= 0.6 is 0 Å². The SMILES string of the molecule is CCn1cccc1C1CC(c2ccn[nH]2)C1. The van der Waals surface area contributed by atoms with Crippen LogP contribution in [0.5, 0.6) is 0 Å². The topological polar surface area (TPSA) is 33.6 Å². The lowest BCUT2D eigenvalue weighted by molar-refractivity contribution is 0.330. The maximum atomic E-state index is 4.02. The third kappa shape index (κ3) is 1.47. The van der Waals surface area contributed by atoms with E-state index in [1.54, 1.807) is 0 Å². The van der Waals surface area contributed by atoms with Crippen LogP contribution in [0, 0.1) is 0 Å². The van der Waals surface area contributed by atoms with Crippen molar-refractivity contribution in [3.63, 3.8) is 0 Å². The van der Waals surface area contributed by atoms with Crippen molar-refractivity contribution in [2.45, 2.75) is 38.1 Å². The average Bonchev–Trinajstić information content (AvgIpc) is 2.85. The average molecular weight is 215 g/mol. The van der Waals surface area contributed by atoms with E-state index in [2.05, 4.69) is 46.1 Å². The van der Waals surface area contributed by atoms with Gasteiger partial charge in [-0.25, -0.2) is 0 Å². The van der Waals surface area contributed by atoms with E-state index in [4.69, 9.17) is 0 Å². The number of aromatic nitrogens is 3. The summed E-state index contributed by atoms with van der Waals surface area (Å²) < 4.78 is 2.36. The van der Waals surface area contributed by atoms with Crippen LogP contribution in [0.15, 0.2) is 30.6 Å². The molecule has 0 unspecified atom stereocenters. The summed E-state index contributed by atoms with van der Waals surface area (Å²) in [5.74, 6) is 1.43. The predicted molar refractivity (Wildman–Crippen MR) is 63.4 cm³/mol. The first-order chi connectivity index (χ1) is 7.88. The summed E-state index contributed by atoms with van der Waals surface area (Å²) in [6.45, 7) is 3.28. The minimum absolute atomic E-state index is 0.688. The van der Waals surface area contributed by atoms with Gasteiger partial charge >= 0.3 is 0 Å². The Morgan fingerprint density at radius 1 is 1.38 bits per heavy atom. The highest BCUT2D eigenvalue weighted by Crippen LogP contribution is 2.46. The zero-order valence-electron chi connectivity index (χ0n) is 9.56. The first kappa shape index (κ1) is 9.70. The van der Waals surface area contributed by atoms with E-state index >= 15 is 0 Å². The Balaban J connectivity index is 1.69. The Hall–Kier alpha value is -1.51. The van der Waals surface area contributed by atoms with Crippen molar-refractivity contribution in [2.75, 3.05) is 0 Å². The van der Waals surface area contributed by atoms with E-state index in [9.17, 15) is 0 Å². The molecule has 0 aromatic carbocycles. The molecule has 0 spiro atoms. The fraction of sp³-hybridized carbons (Fsp3) is 0.462. The maximum Gasteiger partial charge on any atom is 0.0490 e. The Labute approximate surface area is 95.5 Å². The zero-order chi connectivity index (χ0) is 11.0. The molecule has 0 bridgehead atoms. The molecule has 0 atom stereocenters. The van der Waals surface area contributed by atoms with Gasteiger partial charge in [-0.1, -0.05) is 0 Å². The molecular weight excluding hydrogens is 198 g/mol. The van der Waals surface area contributed by atoms with E-state index in [1.807, 2.05) is 6.20 Å². The van der Waals surface area contributed by atoms with Crippen LogP contribution in [-0.4, -0.2) is 14.8 Å². The lowest BCUT2D eigenvalue weighted by Gasteiger charge is -2.35. The maximum absolute atomic E-state index is 4.02. The number of H-pyrrole nitrogens is 1. The van der Waals surface area contributed by atoms with Crippen molar-refractivity contribution in [2.24, 2.45) is 0 Å². The number of aromatic amines is 1. The number of aryl methyl sites for hydroxylation is 1. The molecule has 2 heterocycles. The highest BCUT2D eigenvalue weighted by molar-refractivity contribution is 5.22. The third-order valence-corrected chi connectivity index (χ3v) is 3.72. The molecule has 0 saturated heterocycles. The number of hydrogen-bond donors (Lipinski definition) is 1. The fourth-order valence-electron chi connectivity index (χ4n) is 2.69. The summed E-state index contributed by atoms with van der Waals surface area (Å²) in [7, 11) is 0. The summed E-state index contributed by atoms with van der Waals surface area (Å²) in [5.41, 5.74) is 2.80. The Kier molecular flexibility index (Phi) is 2.31. The largest absolute Gasteiger partial charge is 0.351 e. The summed E-state index contributed by atoms with van der Waals surface area (Å²) >= 11 is 0. The Bertz CT molecular complexity index is 449. The van der Waals surface area contributed by atoms with Crippen molar-refractivity contribution in [1.29, 1.82) is 0 Å². The fourth-order valence-corrected chi connectivity index (χ4v) is 2.69. The van der Waals surface area contributed by atoms with Gasteiger partial charge in [0, 0.05) is 42.2 Å². The number of hydrogen-bond acceptors (Lipinski definition) is 1. The molecule has 1 saturated carbocycles. The van der Waals surface area contributed by atoms with Crippen molar-refractivity contribution in [3.8, 4) is 0 Å². The molecule has 2 aromatic heterocycles. The molecule has 0 aliphatic heterocycles. The predicted octanol–water partition coefficient (Wildman–Crippen LogP) is 2.89. The van der Waals surface area contributed by atoms with Crippen LogP contribution in [0.4, 0.5) is 0 Å². The number of nitrogens with zero attached hydrogens (tertiary/aromatic N) is 2. The minimum Gasteiger partial charge on any atom is -0.351 e. The van der Waals surface area contributed by atoms with Crippen molar-refractivity contribution >= 4 is 0 Å². The van der Waals surface area contributed by atoms with Crippen molar-refractivity contribution in [1.82, 2.24) is 14.8 Å². The van der Waals surface area contributed by atoms with Crippen LogP contribution in [0.3, 0.4) is 0 Å². The summed E-state index contributed by atoms with van der Waals surface area (Å²) in [6, 6.07) is 6.51. The quantitative estimate of drug-likeness (QED) is 0.839.